The van der Waals surface area contributed by atoms with Gasteiger partial charge in [0, 0.05) is 29.7 Å². The number of piperidine rings is 1. The summed E-state index contributed by atoms with van der Waals surface area (Å²) in [5, 5.41) is 4.55. The van der Waals surface area contributed by atoms with Gasteiger partial charge in [0.15, 0.2) is 0 Å². The molecule has 1 N–H and O–H groups in total. The van der Waals surface area contributed by atoms with Crippen LogP contribution in [0.1, 0.15) is 44.6 Å². The number of halogens is 1. The molecule has 110 valence electrons. The molecule has 0 amide bonds. The first-order chi connectivity index (χ1) is 9.76. The summed E-state index contributed by atoms with van der Waals surface area (Å²) in [7, 11) is 0. The Morgan fingerprint density at radius 3 is 2.40 bits per heavy atom. The molecule has 3 rings (SSSR count). The molecule has 0 radical (unpaired) electrons. The molecule has 2 saturated heterocycles. The number of nitrogens with one attached hydrogen (secondary N) is 1. The molecule has 0 aliphatic carbocycles. The van der Waals surface area contributed by atoms with Crippen molar-refractivity contribution in [3.63, 3.8) is 0 Å². The third kappa shape index (κ3) is 3.19. The highest BCUT2D eigenvalue weighted by Crippen LogP contribution is 2.36. The van der Waals surface area contributed by atoms with E-state index < -0.39 is 0 Å². The molecule has 20 heavy (non-hydrogen) atoms. The van der Waals surface area contributed by atoms with E-state index in [0.29, 0.717) is 0 Å². The summed E-state index contributed by atoms with van der Waals surface area (Å²) in [4.78, 5) is 2.73. The van der Waals surface area contributed by atoms with Crippen LogP contribution in [-0.4, -0.2) is 29.6 Å². The normalized spacial score (nSPS) is 29.8. The molecule has 2 bridgehead atoms. The number of hydrogen-bond acceptors (Lipinski definition) is 2. The zero-order valence-electron chi connectivity index (χ0n) is 12.3. The molecule has 3 heteroatoms. The van der Waals surface area contributed by atoms with E-state index in [1.807, 2.05) is 12.1 Å². The fraction of sp³-hybridized carbons (Fsp3) is 0.647. The van der Waals surface area contributed by atoms with E-state index in [-0.39, 0.29) is 0 Å². The summed E-state index contributed by atoms with van der Waals surface area (Å²) in [5.74, 6) is 0. The van der Waals surface area contributed by atoms with E-state index in [2.05, 4.69) is 29.3 Å². The average Bonchev–Trinajstić information content (AvgIpc) is 2.70. The third-order valence-corrected chi connectivity index (χ3v) is 5.10. The number of nitrogens with zero attached hydrogens (tertiary/aromatic N) is 1. The summed E-state index contributed by atoms with van der Waals surface area (Å²) < 4.78 is 0. The summed E-state index contributed by atoms with van der Waals surface area (Å²) in [6.45, 7) is 4.51. The Balaban J connectivity index is 1.60. The van der Waals surface area contributed by atoms with Gasteiger partial charge >= 0.3 is 0 Å². The van der Waals surface area contributed by atoms with Gasteiger partial charge in [-0.3, -0.25) is 4.90 Å². The van der Waals surface area contributed by atoms with E-state index in [1.54, 1.807) is 0 Å². The Hall–Kier alpha value is -0.570. The van der Waals surface area contributed by atoms with E-state index in [4.69, 9.17) is 11.6 Å². The maximum Gasteiger partial charge on any atom is 0.0406 e. The molecule has 0 spiro atoms. The van der Waals surface area contributed by atoms with E-state index in [9.17, 15) is 0 Å². The monoisotopic (exact) mass is 292 g/mol. The largest absolute Gasteiger partial charge is 0.314 e. The Labute approximate surface area is 127 Å². The van der Waals surface area contributed by atoms with Crippen LogP contribution >= 0.6 is 11.6 Å². The minimum Gasteiger partial charge on any atom is -0.314 e. The second-order valence-electron chi connectivity index (χ2n) is 6.31. The second-order valence-corrected chi connectivity index (χ2v) is 6.74. The van der Waals surface area contributed by atoms with Crippen LogP contribution in [0.5, 0.6) is 0 Å². The lowest BCUT2D eigenvalue weighted by Crippen LogP contribution is -2.48. The van der Waals surface area contributed by atoms with Crippen molar-refractivity contribution in [1.29, 1.82) is 0 Å². The van der Waals surface area contributed by atoms with Crippen molar-refractivity contribution < 1.29 is 0 Å². The number of hydrogen-bond donors (Lipinski definition) is 1. The summed E-state index contributed by atoms with van der Waals surface area (Å²) in [6, 6.07) is 10.7. The van der Waals surface area contributed by atoms with Crippen LogP contribution in [0.15, 0.2) is 24.3 Å². The third-order valence-electron chi connectivity index (χ3n) is 4.85. The highest BCUT2D eigenvalue weighted by molar-refractivity contribution is 6.30. The standard InChI is InChI=1S/C17H25ClN2/c1-2-9-19-15-10-16-7-8-17(11-15)20(16)12-13-3-5-14(18)6-4-13/h3-6,15-17,19H,2,7-12H2,1H3. The van der Waals surface area contributed by atoms with Crippen LogP contribution in [0.25, 0.3) is 0 Å². The molecular weight excluding hydrogens is 268 g/mol. The molecule has 2 aliphatic rings. The Kier molecular flexibility index (Phi) is 4.65. The highest BCUT2D eigenvalue weighted by Gasteiger charge is 2.40. The smallest absolute Gasteiger partial charge is 0.0406 e. The highest BCUT2D eigenvalue weighted by atomic mass is 35.5. The van der Waals surface area contributed by atoms with Gasteiger partial charge < -0.3 is 5.32 Å². The van der Waals surface area contributed by atoms with E-state index in [1.165, 1.54) is 44.2 Å². The molecule has 2 atom stereocenters. The minimum absolute atomic E-state index is 0.744. The Morgan fingerprint density at radius 1 is 1.15 bits per heavy atom. The second kappa shape index (κ2) is 6.46. The predicted octanol–water partition coefficient (Wildman–Crippen LogP) is 3.84. The Morgan fingerprint density at radius 2 is 1.80 bits per heavy atom. The maximum atomic E-state index is 5.97. The van der Waals surface area contributed by atoms with Crippen molar-refractivity contribution in [1.82, 2.24) is 10.2 Å². The van der Waals surface area contributed by atoms with Gasteiger partial charge in [0.2, 0.25) is 0 Å². The number of rotatable bonds is 5. The number of benzene rings is 1. The lowest BCUT2D eigenvalue weighted by atomic mass is 9.96. The SMILES string of the molecule is CCCNC1CC2CCC(C1)N2Cc1ccc(Cl)cc1. The summed E-state index contributed by atoms with van der Waals surface area (Å²) in [5.41, 5.74) is 1.39. The lowest BCUT2D eigenvalue weighted by Gasteiger charge is -2.39. The minimum atomic E-state index is 0.744. The van der Waals surface area contributed by atoms with Gasteiger partial charge in [0.1, 0.15) is 0 Å². The van der Waals surface area contributed by atoms with Crippen LogP contribution in [0.2, 0.25) is 5.02 Å². The quantitative estimate of drug-likeness (QED) is 0.887. The van der Waals surface area contributed by atoms with Crippen molar-refractivity contribution in [2.75, 3.05) is 6.54 Å². The van der Waals surface area contributed by atoms with Crippen LogP contribution in [0, 0.1) is 0 Å². The fourth-order valence-electron chi connectivity index (χ4n) is 3.85. The molecule has 1 aromatic carbocycles. The topological polar surface area (TPSA) is 15.3 Å². The van der Waals surface area contributed by atoms with Gasteiger partial charge in [-0.1, -0.05) is 30.7 Å². The average molecular weight is 293 g/mol. The van der Waals surface area contributed by atoms with E-state index >= 15 is 0 Å². The molecule has 2 heterocycles. The van der Waals surface area contributed by atoms with Crippen molar-refractivity contribution in [2.24, 2.45) is 0 Å². The van der Waals surface area contributed by atoms with E-state index in [0.717, 1.165) is 29.7 Å². The lowest BCUT2D eigenvalue weighted by molar-refractivity contribution is 0.109. The first-order valence-corrected chi connectivity index (χ1v) is 8.37. The zero-order valence-corrected chi connectivity index (χ0v) is 13.1. The molecule has 2 nitrogen and oxygen atoms in total. The molecule has 2 unspecified atom stereocenters. The van der Waals surface area contributed by atoms with Crippen LogP contribution < -0.4 is 5.32 Å². The number of fused-ring (bicyclic) bond motifs is 2. The van der Waals surface area contributed by atoms with Gasteiger partial charge in [-0.25, -0.2) is 0 Å². The van der Waals surface area contributed by atoms with Crippen LogP contribution in [-0.2, 0) is 6.54 Å². The van der Waals surface area contributed by atoms with Crippen molar-refractivity contribution >= 4 is 11.6 Å². The molecular formula is C17H25ClN2. The van der Waals surface area contributed by atoms with Gasteiger partial charge in [0.05, 0.1) is 0 Å². The molecule has 2 aliphatic heterocycles. The van der Waals surface area contributed by atoms with Crippen molar-refractivity contribution in [3.8, 4) is 0 Å². The zero-order chi connectivity index (χ0) is 13.9. The van der Waals surface area contributed by atoms with Gasteiger partial charge in [-0.2, -0.15) is 0 Å². The summed E-state index contributed by atoms with van der Waals surface area (Å²) >= 11 is 5.97. The first kappa shape index (κ1) is 14.4. The van der Waals surface area contributed by atoms with Crippen LogP contribution in [0.4, 0.5) is 0 Å². The molecule has 0 aromatic heterocycles. The first-order valence-electron chi connectivity index (χ1n) is 8.00. The molecule has 1 aromatic rings. The molecule has 0 saturated carbocycles. The van der Waals surface area contributed by atoms with Gasteiger partial charge in [-0.15, -0.1) is 0 Å². The molecule has 2 fully saturated rings. The fourth-order valence-corrected chi connectivity index (χ4v) is 3.97. The predicted molar refractivity (Wildman–Crippen MR) is 85.1 cm³/mol. The maximum absolute atomic E-state index is 5.97. The van der Waals surface area contributed by atoms with Crippen molar-refractivity contribution in [3.05, 3.63) is 34.9 Å². The van der Waals surface area contributed by atoms with Gasteiger partial charge in [0.25, 0.3) is 0 Å². The summed E-state index contributed by atoms with van der Waals surface area (Å²) in [6.07, 6.45) is 6.64. The van der Waals surface area contributed by atoms with Crippen molar-refractivity contribution in [2.45, 2.75) is 63.7 Å². The Bertz CT molecular complexity index is 417. The van der Waals surface area contributed by atoms with Crippen LogP contribution in [0.3, 0.4) is 0 Å². The van der Waals surface area contributed by atoms with Gasteiger partial charge in [-0.05, 0) is 56.3 Å².